The largest absolute Gasteiger partial charge is 0.487 e. The van der Waals surface area contributed by atoms with Gasteiger partial charge in [0.25, 0.3) is 0 Å². The minimum absolute atomic E-state index is 0.0240. The first kappa shape index (κ1) is 13.9. The molecule has 1 aromatic heterocycles. The van der Waals surface area contributed by atoms with Gasteiger partial charge < -0.3 is 21.5 Å². The summed E-state index contributed by atoms with van der Waals surface area (Å²) in [6.07, 6.45) is 3.53. The third-order valence-electron chi connectivity index (χ3n) is 3.43. The Morgan fingerprint density at radius 3 is 2.74 bits per heavy atom. The van der Waals surface area contributed by atoms with Crippen molar-refractivity contribution in [3.05, 3.63) is 0 Å². The molecule has 0 spiro atoms. The van der Waals surface area contributed by atoms with Crippen molar-refractivity contribution in [2.75, 3.05) is 17.7 Å². The maximum absolute atomic E-state index is 11.1. The molecule has 0 aromatic carbocycles. The smallest absolute Gasteiger partial charge is 0.220 e. The fourth-order valence-corrected chi connectivity index (χ4v) is 3.12. The van der Waals surface area contributed by atoms with Gasteiger partial charge in [-0.05, 0) is 44.1 Å². The van der Waals surface area contributed by atoms with Crippen LogP contribution in [0.25, 0.3) is 0 Å². The molecule has 1 fully saturated rings. The molecule has 2 rings (SSSR count). The van der Waals surface area contributed by atoms with Crippen LogP contribution in [0, 0.1) is 5.92 Å². The number of nitrogens with two attached hydrogens (primary N) is 2. The molecule has 0 unspecified atom stereocenters. The van der Waals surface area contributed by atoms with E-state index in [0.29, 0.717) is 24.2 Å². The molecule has 0 radical (unpaired) electrons. The summed E-state index contributed by atoms with van der Waals surface area (Å²) in [7, 11) is 0. The van der Waals surface area contributed by atoms with Crippen molar-refractivity contribution in [1.29, 1.82) is 0 Å². The number of rotatable bonds is 5. The number of nitrogens with one attached hydrogen (secondary N) is 1. The highest BCUT2D eigenvalue weighted by atomic mass is 32.1. The van der Waals surface area contributed by atoms with Crippen molar-refractivity contribution in [2.45, 2.75) is 38.6 Å². The molecule has 19 heavy (non-hydrogen) atoms. The van der Waals surface area contributed by atoms with Gasteiger partial charge in [-0.1, -0.05) is 0 Å². The molecule has 1 heterocycles. The van der Waals surface area contributed by atoms with Crippen LogP contribution in [0.15, 0.2) is 0 Å². The first-order valence-electron chi connectivity index (χ1n) is 6.55. The standard InChI is InChI=1S/C12H20N4O2S/c1-2-18-9-10(13)16-19-12(9)15-8-5-3-7(4-6-8)11(14)17/h7-8,15H,2-6H2,1H3,(H2,13,16)(H2,14,17). The molecule has 1 amide bonds. The van der Waals surface area contributed by atoms with Crippen LogP contribution in [0.2, 0.25) is 0 Å². The number of anilines is 2. The second-order valence-electron chi connectivity index (χ2n) is 4.75. The van der Waals surface area contributed by atoms with Crippen LogP contribution in [-0.4, -0.2) is 22.9 Å². The van der Waals surface area contributed by atoms with Crippen molar-refractivity contribution >= 4 is 28.3 Å². The summed E-state index contributed by atoms with van der Waals surface area (Å²) in [5.74, 6) is 0.913. The summed E-state index contributed by atoms with van der Waals surface area (Å²) >= 11 is 1.31. The van der Waals surface area contributed by atoms with Crippen LogP contribution >= 0.6 is 11.5 Å². The lowest BCUT2D eigenvalue weighted by Crippen LogP contribution is -2.32. The topological polar surface area (TPSA) is 103 Å². The lowest BCUT2D eigenvalue weighted by molar-refractivity contribution is -0.122. The Balaban J connectivity index is 1.94. The molecule has 6 nitrogen and oxygen atoms in total. The van der Waals surface area contributed by atoms with Gasteiger partial charge in [-0.15, -0.1) is 0 Å². The molecule has 106 valence electrons. The number of hydrogen-bond donors (Lipinski definition) is 3. The van der Waals surface area contributed by atoms with Gasteiger partial charge in [-0.2, -0.15) is 4.37 Å². The van der Waals surface area contributed by atoms with Gasteiger partial charge in [-0.25, -0.2) is 0 Å². The number of carbonyl (C=O) groups excluding carboxylic acids is 1. The highest BCUT2D eigenvalue weighted by Crippen LogP contribution is 2.37. The summed E-state index contributed by atoms with van der Waals surface area (Å²) in [6, 6.07) is 0.328. The van der Waals surface area contributed by atoms with E-state index in [1.165, 1.54) is 11.5 Å². The van der Waals surface area contributed by atoms with Gasteiger partial charge in [0, 0.05) is 12.0 Å². The fourth-order valence-electron chi connectivity index (χ4n) is 2.38. The molecule has 0 bridgehead atoms. The monoisotopic (exact) mass is 284 g/mol. The normalized spacial score (nSPS) is 23.0. The predicted molar refractivity (Wildman–Crippen MR) is 76.3 cm³/mol. The summed E-state index contributed by atoms with van der Waals surface area (Å²) in [6.45, 7) is 2.48. The Labute approximate surface area is 116 Å². The zero-order valence-electron chi connectivity index (χ0n) is 11.0. The number of nitrogens with zero attached hydrogens (tertiary/aromatic N) is 1. The van der Waals surface area contributed by atoms with Crippen LogP contribution in [0.1, 0.15) is 32.6 Å². The SMILES string of the molecule is CCOc1c(N)nsc1NC1CCC(C(N)=O)CC1. The molecular weight excluding hydrogens is 264 g/mol. The highest BCUT2D eigenvalue weighted by molar-refractivity contribution is 7.11. The van der Waals surface area contributed by atoms with Crippen LogP contribution in [0.3, 0.4) is 0 Å². The number of aromatic nitrogens is 1. The van der Waals surface area contributed by atoms with Gasteiger partial charge >= 0.3 is 0 Å². The first-order chi connectivity index (χ1) is 9.11. The number of nitrogen functional groups attached to an aromatic ring is 1. The van der Waals surface area contributed by atoms with Gasteiger partial charge in [0.05, 0.1) is 6.61 Å². The molecular formula is C12H20N4O2S. The van der Waals surface area contributed by atoms with Crippen molar-refractivity contribution in [3.8, 4) is 5.75 Å². The van der Waals surface area contributed by atoms with Crippen molar-refractivity contribution < 1.29 is 9.53 Å². The molecule has 0 aliphatic heterocycles. The van der Waals surface area contributed by atoms with E-state index in [2.05, 4.69) is 9.69 Å². The zero-order valence-corrected chi connectivity index (χ0v) is 11.8. The second-order valence-corrected chi connectivity index (χ2v) is 5.53. The molecule has 1 saturated carbocycles. The third-order valence-corrected chi connectivity index (χ3v) is 4.20. The average molecular weight is 284 g/mol. The number of hydrogen-bond acceptors (Lipinski definition) is 6. The lowest BCUT2D eigenvalue weighted by Gasteiger charge is -2.27. The summed E-state index contributed by atoms with van der Waals surface area (Å²) in [4.78, 5) is 11.1. The lowest BCUT2D eigenvalue weighted by atomic mass is 9.86. The first-order valence-corrected chi connectivity index (χ1v) is 7.33. The van der Waals surface area contributed by atoms with E-state index in [1.807, 2.05) is 6.92 Å². The summed E-state index contributed by atoms with van der Waals surface area (Å²) in [5, 5.41) is 4.29. The van der Waals surface area contributed by atoms with E-state index < -0.39 is 0 Å². The minimum atomic E-state index is -0.185. The van der Waals surface area contributed by atoms with Crippen LogP contribution < -0.4 is 21.5 Å². The maximum Gasteiger partial charge on any atom is 0.220 e. The quantitative estimate of drug-likeness (QED) is 0.761. The van der Waals surface area contributed by atoms with Crippen LogP contribution in [0.4, 0.5) is 10.8 Å². The van der Waals surface area contributed by atoms with Gasteiger partial charge in [0.15, 0.2) is 16.6 Å². The summed E-state index contributed by atoms with van der Waals surface area (Å²) in [5.41, 5.74) is 11.1. The van der Waals surface area contributed by atoms with Gasteiger partial charge in [0.1, 0.15) is 0 Å². The molecule has 1 aromatic rings. The summed E-state index contributed by atoms with van der Waals surface area (Å²) < 4.78 is 9.60. The molecule has 1 aliphatic carbocycles. The number of amides is 1. The van der Waals surface area contributed by atoms with E-state index in [9.17, 15) is 4.79 Å². The van der Waals surface area contributed by atoms with E-state index in [-0.39, 0.29) is 11.8 Å². The van der Waals surface area contributed by atoms with Crippen molar-refractivity contribution in [2.24, 2.45) is 11.7 Å². The minimum Gasteiger partial charge on any atom is -0.487 e. The Kier molecular flexibility index (Phi) is 4.47. The predicted octanol–water partition coefficient (Wildman–Crippen LogP) is 1.58. The van der Waals surface area contributed by atoms with Crippen LogP contribution in [-0.2, 0) is 4.79 Å². The number of carbonyl (C=O) groups is 1. The maximum atomic E-state index is 11.1. The van der Waals surface area contributed by atoms with E-state index in [0.717, 1.165) is 30.7 Å². The number of ether oxygens (including phenoxy) is 1. The van der Waals surface area contributed by atoms with E-state index in [1.54, 1.807) is 0 Å². The van der Waals surface area contributed by atoms with Crippen molar-refractivity contribution in [1.82, 2.24) is 4.37 Å². The number of primary amides is 1. The van der Waals surface area contributed by atoms with E-state index in [4.69, 9.17) is 16.2 Å². The zero-order chi connectivity index (χ0) is 13.8. The Morgan fingerprint density at radius 1 is 1.47 bits per heavy atom. The molecule has 0 saturated heterocycles. The van der Waals surface area contributed by atoms with Gasteiger partial charge in [0.2, 0.25) is 5.91 Å². The molecule has 1 aliphatic rings. The Bertz CT molecular complexity index is 441. The second kappa shape index (κ2) is 6.10. The third kappa shape index (κ3) is 3.28. The highest BCUT2D eigenvalue weighted by Gasteiger charge is 2.26. The molecule has 5 N–H and O–H groups in total. The fraction of sp³-hybridized carbons (Fsp3) is 0.667. The molecule has 7 heteroatoms. The Morgan fingerprint density at radius 2 is 2.16 bits per heavy atom. The average Bonchev–Trinajstić information content (AvgIpc) is 2.73. The van der Waals surface area contributed by atoms with Crippen molar-refractivity contribution in [3.63, 3.8) is 0 Å². The van der Waals surface area contributed by atoms with Crippen LogP contribution in [0.5, 0.6) is 5.75 Å². The van der Waals surface area contributed by atoms with Gasteiger partial charge in [-0.3, -0.25) is 4.79 Å². The Hall–Kier alpha value is -1.50. The van der Waals surface area contributed by atoms with E-state index >= 15 is 0 Å². The molecule has 0 atom stereocenters.